The lowest BCUT2D eigenvalue weighted by molar-refractivity contribution is -0.131. The summed E-state index contributed by atoms with van der Waals surface area (Å²) in [6.45, 7) is 7.00. The van der Waals surface area contributed by atoms with Gasteiger partial charge in [0.15, 0.2) is 5.78 Å². The fraction of sp³-hybridized carbons (Fsp3) is 0.467. The summed E-state index contributed by atoms with van der Waals surface area (Å²) in [7, 11) is 0. The molecule has 0 saturated heterocycles. The minimum atomic E-state index is -1.24. The van der Waals surface area contributed by atoms with Crippen LogP contribution in [0.5, 0.6) is 0 Å². The second-order valence-electron chi connectivity index (χ2n) is 5.68. The molecule has 4 nitrogen and oxygen atoms in total. The Morgan fingerprint density at radius 3 is 2.47 bits per heavy atom. The SMILES string of the molecule is CC1=CC(=O)CC(C)(C)C1(O)/C=C/C(C)=[13CH]/C(=O)O. The first-order valence-corrected chi connectivity index (χ1v) is 6.13. The Morgan fingerprint density at radius 2 is 2.00 bits per heavy atom. The lowest BCUT2D eigenvalue weighted by atomic mass is 9.64. The van der Waals surface area contributed by atoms with E-state index < -0.39 is 17.0 Å². The van der Waals surface area contributed by atoms with Crippen molar-refractivity contribution in [3.05, 3.63) is 35.5 Å². The van der Waals surface area contributed by atoms with Gasteiger partial charge in [-0.15, -0.1) is 0 Å². The van der Waals surface area contributed by atoms with Crippen LogP contribution in [0.1, 0.15) is 34.1 Å². The molecule has 1 unspecified atom stereocenters. The summed E-state index contributed by atoms with van der Waals surface area (Å²) in [5.41, 5.74) is -0.758. The van der Waals surface area contributed by atoms with Crippen LogP contribution in [-0.4, -0.2) is 27.6 Å². The minimum absolute atomic E-state index is 0.00150. The molecule has 1 aliphatic rings. The molecular formula is C15H20O4. The molecule has 0 spiro atoms. The van der Waals surface area contributed by atoms with Crippen molar-refractivity contribution in [3.63, 3.8) is 0 Å². The van der Waals surface area contributed by atoms with Crippen molar-refractivity contribution in [2.75, 3.05) is 0 Å². The van der Waals surface area contributed by atoms with Crippen molar-refractivity contribution in [1.29, 1.82) is 0 Å². The van der Waals surface area contributed by atoms with Crippen molar-refractivity contribution in [1.82, 2.24) is 0 Å². The van der Waals surface area contributed by atoms with E-state index >= 15 is 0 Å². The molecule has 0 aromatic rings. The van der Waals surface area contributed by atoms with Crippen LogP contribution in [-0.2, 0) is 9.59 Å². The number of hydrogen-bond donors (Lipinski definition) is 2. The topological polar surface area (TPSA) is 74.6 Å². The van der Waals surface area contributed by atoms with E-state index in [9.17, 15) is 14.7 Å². The van der Waals surface area contributed by atoms with E-state index in [0.29, 0.717) is 11.1 Å². The van der Waals surface area contributed by atoms with Crippen molar-refractivity contribution in [2.24, 2.45) is 5.41 Å². The first-order valence-electron chi connectivity index (χ1n) is 6.13. The number of rotatable bonds is 3. The highest BCUT2D eigenvalue weighted by molar-refractivity contribution is 5.92. The molecule has 104 valence electrons. The van der Waals surface area contributed by atoms with Gasteiger partial charge >= 0.3 is 5.97 Å². The Hall–Kier alpha value is -1.68. The second kappa shape index (κ2) is 5.13. The Labute approximate surface area is 113 Å². The zero-order valence-corrected chi connectivity index (χ0v) is 11.7. The van der Waals surface area contributed by atoms with E-state index in [0.717, 1.165) is 6.08 Å². The van der Waals surface area contributed by atoms with Gasteiger partial charge in [-0.05, 0) is 37.1 Å². The summed E-state index contributed by atoms with van der Waals surface area (Å²) in [6.07, 6.45) is 5.92. The Bertz CT molecular complexity index is 494. The summed E-state index contributed by atoms with van der Waals surface area (Å²) in [6, 6.07) is 0. The molecule has 0 saturated carbocycles. The predicted molar refractivity (Wildman–Crippen MR) is 72.6 cm³/mol. The molecule has 0 fully saturated rings. The molecule has 1 atom stereocenters. The molecule has 2 N–H and O–H groups in total. The van der Waals surface area contributed by atoms with Gasteiger partial charge < -0.3 is 10.2 Å². The van der Waals surface area contributed by atoms with Gasteiger partial charge in [0.25, 0.3) is 0 Å². The molecule has 0 heterocycles. The quantitative estimate of drug-likeness (QED) is 0.466. The lowest BCUT2D eigenvalue weighted by Gasteiger charge is -2.43. The fourth-order valence-corrected chi connectivity index (χ4v) is 2.36. The zero-order chi connectivity index (χ0) is 14.8. The number of allylic oxidation sites excluding steroid dienone is 3. The van der Waals surface area contributed by atoms with Crippen LogP contribution in [0.15, 0.2) is 35.5 Å². The normalized spacial score (nSPS) is 27.5. The molecule has 0 aromatic carbocycles. The van der Waals surface area contributed by atoms with Crippen LogP contribution >= 0.6 is 0 Å². The number of carbonyl (C=O) groups excluding carboxylic acids is 1. The Kier molecular flexibility index (Phi) is 4.15. The van der Waals surface area contributed by atoms with Crippen LogP contribution in [0.4, 0.5) is 0 Å². The number of carboxylic acids is 1. The maximum Gasteiger partial charge on any atom is 0.328 e. The van der Waals surface area contributed by atoms with Crippen LogP contribution in [0.2, 0.25) is 0 Å². The van der Waals surface area contributed by atoms with Crippen LogP contribution < -0.4 is 0 Å². The molecule has 0 amide bonds. The predicted octanol–water partition coefficient (Wildman–Crippen LogP) is 2.25. The molecule has 0 radical (unpaired) electrons. The van der Waals surface area contributed by atoms with Crippen LogP contribution in [0, 0.1) is 5.41 Å². The van der Waals surface area contributed by atoms with Gasteiger partial charge in [0.05, 0.1) is 0 Å². The maximum atomic E-state index is 11.6. The number of ketones is 1. The van der Waals surface area contributed by atoms with Crippen molar-refractivity contribution in [3.8, 4) is 0 Å². The summed E-state index contributed by atoms with van der Waals surface area (Å²) >= 11 is 0. The van der Waals surface area contributed by atoms with Crippen molar-refractivity contribution >= 4 is 11.8 Å². The average Bonchev–Trinajstić information content (AvgIpc) is 2.21. The third-order valence-electron chi connectivity index (χ3n) is 3.57. The summed E-state index contributed by atoms with van der Waals surface area (Å²) < 4.78 is 0. The molecule has 1 rings (SSSR count). The van der Waals surface area contributed by atoms with Gasteiger partial charge in [0.1, 0.15) is 5.60 Å². The highest BCUT2D eigenvalue weighted by Gasteiger charge is 2.46. The zero-order valence-electron chi connectivity index (χ0n) is 11.7. The first-order chi connectivity index (χ1) is 8.58. The summed E-state index contributed by atoms with van der Waals surface area (Å²) in [4.78, 5) is 22.1. The smallest absolute Gasteiger partial charge is 0.328 e. The van der Waals surface area contributed by atoms with Crippen molar-refractivity contribution < 1.29 is 19.8 Å². The lowest BCUT2D eigenvalue weighted by Crippen LogP contribution is -2.48. The molecule has 0 bridgehead atoms. The average molecular weight is 265 g/mol. The Morgan fingerprint density at radius 1 is 1.42 bits per heavy atom. The van der Waals surface area contributed by atoms with Crippen molar-refractivity contribution in [2.45, 2.75) is 39.7 Å². The van der Waals surface area contributed by atoms with Gasteiger partial charge in [-0.3, -0.25) is 4.79 Å². The summed E-state index contributed by atoms with van der Waals surface area (Å²) in [5, 5.41) is 19.4. The molecule has 0 aliphatic heterocycles. The molecule has 19 heavy (non-hydrogen) atoms. The van der Waals surface area contributed by atoms with E-state index in [4.69, 9.17) is 5.11 Å². The number of carboxylic acid groups (broad SMARTS) is 1. The number of carbonyl (C=O) groups is 2. The number of hydrogen-bond acceptors (Lipinski definition) is 3. The van der Waals surface area contributed by atoms with E-state index in [2.05, 4.69) is 0 Å². The van der Waals surface area contributed by atoms with Gasteiger partial charge in [0.2, 0.25) is 0 Å². The van der Waals surface area contributed by atoms with E-state index in [-0.39, 0.29) is 12.2 Å². The first kappa shape index (κ1) is 15.4. The Balaban J connectivity index is 3.15. The van der Waals surface area contributed by atoms with Gasteiger partial charge in [0, 0.05) is 17.9 Å². The van der Waals surface area contributed by atoms with E-state index in [1.54, 1.807) is 26.0 Å². The standard InChI is InChI=1S/C15H20O4/c1-10(7-13(17)18)5-6-15(19)11(2)8-12(16)9-14(15,3)4/h5-8,19H,9H2,1-4H3,(H,17,18)/b6-5+,10-7+/i7+1. The van der Waals surface area contributed by atoms with Gasteiger partial charge in [-0.2, -0.15) is 0 Å². The molecule has 4 heteroatoms. The van der Waals surface area contributed by atoms with Crippen LogP contribution in [0.3, 0.4) is 0 Å². The molecule has 0 aromatic heterocycles. The van der Waals surface area contributed by atoms with E-state index in [1.165, 1.54) is 6.08 Å². The highest BCUT2D eigenvalue weighted by atomic mass is 16.4. The highest BCUT2D eigenvalue weighted by Crippen LogP contribution is 2.44. The largest absolute Gasteiger partial charge is 0.478 e. The number of aliphatic carboxylic acids is 1. The van der Waals surface area contributed by atoms with Crippen LogP contribution in [0.25, 0.3) is 0 Å². The number of aliphatic hydroxyl groups is 1. The molecular weight excluding hydrogens is 245 g/mol. The second-order valence-corrected chi connectivity index (χ2v) is 5.68. The van der Waals surface area contributed by atoms with Gasteiger partial charge in [-0.1, -0.05) is 19.9 Å². The summed E-state index contributed by atoms with van der Waals surface area (Å²) in [5.74, 6) is -1.03. The van der Waals surface area contributed by atoms with E-state index in [1.807, 2.05) is 13.8 Å². The monoisotopic (exact) mass is 265 g/mol. The molecule has 1 aliphatic carbocycles. The van der Waals surface area contributed by atoms with Gasteiger partial charge in [-0.25, -0.2) is 4.79 Å². The third kappa shape index (κ3) is 3.20. The minimum Gasteiger partial charge on any atom is -0.478 e. The third-order valence-corrected chi connectivity index (χ3v) is 3.57. The fourth-order valence-electron chi connectivity index (χ4n) is 2.36. The maximum absolute atomic E-state index is 11.6.